The molecule has 110 valence electrons. The third-order valence-corrected chi connectivity index (χ3v) is 3.68. The number of rotatable bonds is 3. The van der Waals surface area contributed by atoms with Crippen LogP contribution in [-0.4, -0.2) is 41.0 Å². The van der Waals surface area contributed by atoms with Crippen molar-refractivity contribution in [3.8, 4) is 0 Å². The first-order valence-corrected chi connectivity index (χ1v) is 7.03. The number of anilines is 2. The number of hydrogen-bond acceptors (Lipinski definition) is 5. The van der Waals surface area contributed by atoms with Gasteiger partial charge in [0.2, 0.25) is 5.91 Å². The Morgan fingerprint density at radius 3 is 2.70 bits per heavy atom. The maximum absolute atomic E-state index is 12.1. The molecule has 6 nitrogen and oxygen atoms in total. The van der Waals surface area contributed by atoms with Gasteiger partial charge in [0.1, 0.15) is 23.0 Å². The molecule has 1 aromatic heterocycles. The van der Waals surface area contributed by atoms with Crippen LogP contribution in [0.1, 0.15) is 32.2 Å². The molecule has 20 heavy (non-hydrogen) atoms. The van der Waals surface area contributed by atoms with Gasteiger partial charge in [0, 0.05) is 25.2 Å². The zero-order valence-corrected chi connectivity index (χ0v) is 12.9. The molecule has 2 rings (SSSR count). The van der Waals surface area contributed by atoms with E-state index in [4.69, 9.17) is 0 Å². The van der Waals surface area contributed by atoms with Gasteiger partial charge in [0.05, 0.1) is 0 Å². The van der Waals surface area contributed by atoms with E-state index in [9.17, 15) is 4.79 Å². The largest absolute Gasteiger partial charge is 0.370 e. The van der Waals surface area contributed by atoms with Crippen molar-refractivity contribution in [2.75, 3.05) is 29.9 Å². The zero-order valence-electron chi connectivity index (χ0n) is 12.9. The lowest BCUT2D eigenvalue weighted by molar-refractivity contribution is -0.126. The normalized spacial score (nSPS) is 17.9. The van der Waals surface area contributed by atoms with E-state index in [2.05, 4.69) is 25.5 Å². The summed E-state index contributed by atoms with van der Waals surface area (Å²) in [5.41, 5.74) is 0.382. The highest BCUT2D eigenvalue weighted by Gasteiger charge is 2.39. The second-order valence-corrected chi connectivity index (χ2v) is 5.56. The smallest absolute Gasteiger partial charge is 0.245 e. The third-order valence-electron chi connectivity index (χ3n) is 3.68. The molecule has 0 unspecified atom stereocenters. The molecule has 2 heterocycles. The Balaban J connectivity index is 2.48. The van der Waals surface area contributed by atoms with Crippen LogP contribution in [0.2, 0.25) is 0 Å². The molecular formula is C14H23N5O. The summed E-state index contributed by atoms with van der Waals surface area (Å²) in [6.45, 7) is 11.9. The van der Waals surface area contributed by atoms with Gasteiger partial charge in [-0.2, -0.15) is 0 Å². The first-order valence-electron chi connectivity index (χ1n) is 7.03. The van der Waals surface area contributed by atoms with E-state index in [0.717, 1.165) is 30.3 Å². The van der Waals surface area contributed by atoms with Gasteiger partial charge >= 0.3 is 0 Å². The molecule has 1 aromatic rings. The van der Waals surface area contributed by atoms with Crippen LogP contribution in [0.5, 0.6) is 0 Å². The molecule has 1 amide bonds. The molecule has 1 aliphatic rings. The number of carbonyl (C=O) groups is 1. The quantitative estimate of drug-likeness (QED) is 0.870. The Labute approximate surface area is 120 Å². The second kappa shape index (κ2) is 5.26. The van der Waals surface area contributed by atoms with E-state index >= 15 is 0 Å². The Bertz CT molecular complexity index is 527. The molecule has 0 atom stereocenters. The number of nitrogens with one attached hydrogen (secondary N) is 2. The van der Waals surface area contributed by atoms with Gasteiger partial charge < -0.3 is 15.5 Å². The SMILES string of the molecule is CCNc1nc(C)nc(N2CCNC(=O)C2(C)C)c1C. The maximum atomic E-state index is 12.1. The molecule has 6 heteroatoms. The van der Waals surface area contributed by atoms with Crippen molar-refractivity contribution >= 4 is 17.5 Å². The lowest BCUT2D eigenvalue weighted by Crippen LogP contribution is -2.62. The number of hydrogen-bond donors (Lipinski definition) is 2. The number of aryl methyl sites for hydroxylation is 1. The molecule has 0 spiro atoms. The number of aromatic nitrogens is 2. The van der Waals surface area contributed by atoms with Gasteiger partial charge in [0.15, 0.2) is 0 Å². The molecule has 0 saturated carbocycles. The van der Waals surface area contributed by atoms with Crippen LogP contribution in [0.25, 0.3) is 0 Å². The van der Waals surface area contributed by atoms with Gasteiger partial charge in [-0.05, 0) is 34.6 Å². The summed E-state index contributed by atoms with van der Waals surface area (Å²) in [6, 6.07) is 0. The molecule has 1 fully saturated rings. The molecular weight excluding hydrogens is 254 g/mol. The van der Waals surface area contributed by atoms with Crippen LogP contribution in [0.4, 0.5) is 11.6 Å². The molecule has 2 N–H and O–H groups in total. The first-order chi connectivity index (χ1) is 9.37. The van der Waals surface area contributed by atoms with Crippen LogP contribution < -0.4 is 15.5 Å². The minimum Gasteiger partial charge on any atom is -0.370 e. The first kappa shape index (κ1) is 14.6. The predicted molar refractivity (Wildman–Crippen MR) is 80.1 cm³/mol. The molecule has 0 bridgehead atoms. The van der Waals surface area contributed by atoms with Crippen LogP contribution in [0.3, 0.4) is 0 Å². The van der Waals surface area contributed by atoms with Crippen molar-refractivity contribution in [1.82, 2.24) is 15.3 Å². The van der Waals surface area contributed by atoms with E-state index in [-0.39, 0.29) is 5.91 Å². The maximum Gasteiger partial charge on any atom is 0.245 e. The van der Waals surface area contributed by atoms with Crippen molar-refractivity contribution in [3.63, 3.8) is 0 Å². The topological polar surface area (TPSA) is 70.2 Å². The minimum atomic E-state index is -0.604. The molecule has 0 radical (unpaired) electrons. The zero-order chi connectivity index (χ0) is 14.9. The summed E-state index contributed by atoms with van der Waals surface area (Å²) in [4.78, 5) is 23.2. The van der Waals surface area contributed by atoms with Gasteiger partial charge in [-0.25, -0.2) is 9.97 Å². The van der Waals surface area contributed by atoms with Crippen LogP contribution in [0.15, 0.2) is 0 Å². The summed E-state index contributed by atoms with van der Waals surface area (Å²) >= 11 is 0. The van der Waals surface area contributed by atoms with Crippen molar-refractivity contribution in [1.29, 1.82) is 0 Å². The summed E-state index contributed by atoms with van der Waals surface area (Å²) in [6.07, 6.45) is 0. The fraction of sp³-hybridized carbons (Fsp3) is 0.643. The molecule has 0 aliphatic carbocycles. The third kappa shape index (κ3) is 2.42. The summed E-state index contributed by atoms with van der Waals surface area (Å²) < 4.78 is 0. The van der Waals surface area contributed by atoms with E-state index < -0.39 is 5.54 Å². The summed E-state index contributed by atoms with van der Waals surface area (Å²) in [5.74, 6) is 2.43. The number of amides is 1. The predicted octanol–water partition coefficient (Wildman–Crippen LogP) is 1.24. The van der Waals surface area contributed by atoms with Gasteiger partial charge in [0.25, 0.3) is 0 Å². The van der Waals surface area contributed by atoms with E-state index in [0.29, 0.717) is 12.4 Å². The second-order valence-electron chi connectivity index (χ2n) is 5.56. The molecule has 1 aliphatic heterocycles. The average molecular weight is 277 g/mol. The van der Waals surface area contributed by atoms with Crippen LogP contribution >= 0.6 is 0 Å². The highest BCUT2D eigenvalue weighted by Crippen LogP contribution is 2.30. The Kier molecular flexibility index (Phi) is 3.83. The Morgan fingerprint density at radius 2 is 2.05 bits per heavy atom. The van der Waals surface area contributed by atoms with Crippen LogP contribution in [-0.2, 0) is 4.79 Å². The van der Waals surface area contributed by atoms with Gasteiger partial charge in [-0.3, -0.25) is 4.79 Å². The van der Waals surface area contributed by atoms with E-state index in [1.807, 2.05) is 34.6 Å². The highest BCUT2D eigenvalue weighted by molar-refractivity contribution is 5.90. The summed E-state index contributed by atoms with van der Waals surface area (Å²) in [7, 11) is 0. The fourth-order valence-corrected chi connectivity index (χ4v) is 2.49. The fourth-order valence-electron chi connectivity index (χ4n) is 2.49. The monoisotopic (exact) mass is 277 g/mol. The van der Waals surface area contributed by atoms with Crippen molar-refractivity contribution in [3.05, 3.63) is 11.4 Å². The summed E-state index contributed by atoms with van der Waals surface area (Å²) in [5, 5.41) is 6.16. The number of carbonyl (C=O) groups excluding carboxylic acids is 1. The van der Waals surface area contributed by atoms with Crippen molar-refractivity contribution in [2.45, 2.75) is 40.2 Å². The number of nitrogens with zero attached hydrogens (tertiary/aromatic N) is 3. The van der Waals surface area contributed by atoms with Crippen molar-refractivity contribution < 1.29 is 4.79 Å². The lowest BCUT2D eigenvalue weighted by atomic mass is 9.98. The van der Waals surface area contributed by atoms with Gasteiger partial charge in [-0.15, -0.1) is 0 Å². The number of piperazine rings is 1. The Hall–Kier alpha value is -1.85. The van der Waals surface area contributed by atoms with Gasteiger partial charge in [-0.1, -0.05) is 0 Å². The van der Waals surface area contributed by atoms with E-state index in [1.165, 1.54) is 0 Å². The van der Waals surface area contributed by atoms with Crippen molar-refractivity contribution in [2.24, 2.45) is 0 Å². The molecule has 1 saturated heterocycles. The van der Waals surface area contributed by atoms with E-state index in [1.54, 1.807) is 0 Å². The lowest BCUT2D eigenvalue weighted by Gasteiger charge is -2.42. The average Bonchev–Trinajstić information content (AvgIpc) is 2.37. The minimum absolute atomic E-state index is 0.0319. The standard InChI is InChI=1S/C14H23N5O/c1-6-15-11-9(2)12(18-10(3)17-11)19-8-7-16-13(20)14(19,4)5/h6-8H2,1-5H3,(H,16,20)(H,15,17,18). The van der Waals surface area contributed by atoms with Crippen LogP contribution in [0, 0.1) is 13.8 Å². The Morgan fingerprint density at radius 1 is 1.35 bits per heavy atom. The highest BCUT2D eigenvalue weighted by atomic mass is 16.2. The molecule has 0 aromatic carbocycles.